The molecule has 108 valence electrons. The number of aliphatic imine (C=N–C) groups is 1. The smallest absolute Gasteiger partial charge is 0.268 e. The van der Waals surface area contributed by atoms with Crippen molar-refractivity contribution >= 4 is 18.1 Å². The van der Waals surface area contributed by atoms with Crippen LogP contribution in [-0.2, 0) is 9.53 Å². The molecule has 1 aliphatic rings. The summed E-state index contributed by atoms with van der Waals surface area (Å²) in [5.74, 6) is -1.45. The first-order valence-electron chi connectivity index (χ1n) is 5.28. The largest absolute Gasteiger partial charge is 0.393 e. The molecule has 0 aromatic heterocycles. The maximum atomic E-state index is 13.7. The van der Waals surface area contributed by atoms with Crippen molar-refractivity contribution in [3.63, 3.8) is 0 Å². The molecule has 0 radical (unpaired) electrons. The number of aliphatic hydroxyl groups excluding tert-OH is 2. The van der Waals surface area contributed by atoms with Gasteiger partial charge in [-0.3, -0.25) is 15.3 Å². The zero-order valence-corrected chi connectivity index (χ0v) is 10.00. The molecule has 0 unspecified atom stereocenters. The summed E-state index contributed by atoms with van der Waals surface area (Å²) in [6.45, 7) is 0.664. The quantitative estimate of drug-likeness (QED) is 0.198. The van der Waals surface area contributed by atoms with E-state index in [0.717, 1.165) is 0 Å². The van der Waals surface area contributed by atoms with Gasteiger partial charge < -0.3 is 20.4 Å². The molecule has 0 saturated carbocycles. The topological polar surface area (TPSA) is 147 Å². The van der Waals surface area contributed by atoms with Gasteiger partial charge in [0.05, 0.1) is 12.8 Å². The first-order chi connectivity index (χ1) is 8.87. The van der Waals surface area contributed by atoms with Crippen molar-refractivity contribution in [3.8, 4) is 0 Å². The molecule has 1 saturated heterocycles. The Balaban J connectivity index is 2.85. The Hall–Kier alpha value is -1.62. The lowest BCUT2D eigenvalue weighted by Gasteiger charge is -2.23. The van der Waals surface area contributed by atoms with Crippen molar-refractivity contribution in [1.82, 2.24) is 10.8 Å². The number of hydrogen-bond donors (Lipinski definition) is 6. The van der Waals surface area contributed by atoms with Crippen molar-refractivity contribution in [2.24, 2.45) is 4.99 Å². The van der Waals surface area contributed by atoms with Crippen LogP contribution in [0.15, 0.2) is 4.99 Å². The summed E-state index contributed by atoms with van der Waals surface area (Å²) in [5.41, 5.74) is -0.0292. The number of alkyl halides is 1. The summed E-state index contributed by atoms with van der Waals surface area (Å²) >= 11 is 0. The second-order valence-electron chi connectivity index (χ2n) is 4.09. The SMILES string of the molecule is C[C@]1(CO)O[C@@H](N=C(NO)NC(=O)C=N)[C@H](F)[C@@H]1O. The van der Waals surface area contributed by atoms with Crippen LogP contribution in [0.2, 0.25) is 0 Å². The number of carbonyl (C=O) groups is 1. The molecule has 0 bridgehead atoms. The van der Waals surface area contributed by atoms with E-state index in [0.29, 0.717) is 6.21 Å². The molecule has 1 heterocycles. The van der Waals surface area contributed by atoms with E-state index in [1.54, 1.807) is 0 Å². The van der Waals surface area contributed by atoms with Gasteiger partial charge in [-0.05, 0) is 6.92 Å². The molecule has 0 aromatic carbocycles. The lowest BCUT2D eigenvalue weighted by atomic mass is 9.99. The summed E-state index contributed by atoms with van der Waals surface area (Å²) in [7, 11) is 0. The third-order valence-electron chi connectivity index (χ3n) is 2.64. The number of halogens is 1. The first-order valence-corrected chi connectivity index (χ1v) is 5.28. The van der Waals surface area contributed by atoms with E-state index >= 15 is 0 Å². The summed E-state index contributed by atoms with van der Waals surface area (Å²) < 4.78 is 18.8. The normalized spacial score (nSPS) is 35.0. The van der Waals surface area contributed by atoms with Gasteiger partial charge in [0.15, 0.2) is 12.4 Å². The van der Waals surface area contributed by atoms with Crippen LogP contribution >= 0.6 is 0 Å². The average molecular weight is 278 g/mol. The van der Waals surface area contributed by atoms with Gasteiger partial charge >= 0.3 is 0 Å². The van der Waals surface area contributed by atoms with E-state index in [-0.39, 0.29) is 0 Å². The van der Waals surface area contributed by atoms with E-state index in [1.807, 2.05) is 5.32 Å². The fourth-order valence-electron chi connectivity index (χ4n) is 1.50. The standard InChI is InChI=1S/C9H15FN4O5/c1-9(3-15)6(17)5(10)7(19-9)13-8(14-18)12-4(16)2-11/h2,5-7,11,15,17-18H,3H2,1H3,(H2,12,13,14,16)/t5-,6+,7-,9-/m1/s1. The van der Waals surface area contributed by atoms with E-state index in [4.69, 9.17) is 20.5 Å². The minimum absolute atomic E-state index is 0.419. The Morgan fingerprint density at radius 3 is 2.74 bits per heavy atom. The fraction of sp³-hybridized carbons (Fsp3) is 0.667. The third kappa shape index (κ3) is 3.23. The number of rotatable bonds is 3. The second kappa shape index (κ2) is 6.02. The van der Waals surface area contributed by atoms with Gasteiger partial charge in [-0.25, -0.2) is 14.9 Å². The molecule has 1 rings (SSSR count). The van der Waals surface area contributed by atoms with Gasteiger partial charge in [-0.2, -0.15) is 0 Å². The summed E-state index contributed by atoms with van der Waals surface area (Å²) in [5, 5.41) is 35.9. The zero-order valence-electron chi connectivity index (χ0n) is 10.00. The molecule has 0 aromatic rings. The van der Waals surface area contributed by atoms with Gasteiger partial charge in [-0.15, -0.1) is 0 Å². The minimum Gasteiger partial charge on any atom is -0.393 e. The number of hydroxylamine groups is 1. The first kappa shape index (κ1) is 15.4. The van der Waals surface area contributed by atoms with Crippen LogP contribution < -0.4 is 10.8 Å². The molecule has 1 aliphatic heterocycles. The minimum atomic E-state index is -1.95. The Labute approximate surface area is 107 Å². The molecule has 4 atom stereocenters. The predicted molar refractivity (Wildman–Crippen MR) is 60.6 cm³/mol. The van der Waals surface area contributed by atoms with Crippen molar-refractivity contribution < 1.29 is 29.3 Å². The van der Waals surface area contributed by atoms with Crippen LogP contribution in [-0.4, -0.2) is 64.2 Å². The molecule has 0 spiro atoms. The maximum Gasteiger partial charge on any atom is 0.268 e. The van der Waals surface area contributed by atoms with E-state index in [1.165, 1.54) is 12.4 Å². The number of nitrogens with zero attached hydrogens (tertiary/aromatic N) is 1. The Kier molecular flexibility index (Phi) is 4.89. The van der Waals surface area contributed by atoms with Crippen LogP contribution in [0.25, 0.3) is 0 Å². The highest BCUT2D eigenvalue weighted by molar-refractivity contribution is 6.28. The number of guanidine groups is 1. The highest BCUT2D eigenvalue weighted by atomic mass is 19.1. The fourth-order valence-corrected chi connectivity index (χ4v) is 1.50. The maximum absolute atomic E-state index is 13.7. The van der Waals surface area contributed by atoms with Crippen molar-refractivity contribution in [2.75, 3.05) is 6.61 Å². The summed E-state index contributed by atoms with van der Waals surface area (Å²) in [6, 6.07) is 0. The molecule has 6 N–H and O–H groups in total. The molecule has 10 heteroatoms. The molecule has 19 heavy (non-hydrogen) atoms. The van der Waals surface area contributed by atoms with Crippen molar-refractivity contribution in [2.45, 2.75) is 31.0 Å². The Morgan fingerprint density at radius 2 is 2.32 bits per heavy atom. The highest BCUT2D eigenvalue weighted by Crippen LogP contribution is 2.33. The third-order valence-corrected chi connectivity index (χ3v) is 2.64. The number of carbonyl (C=O) groups excluding carboxylic acids is 1. The van der Waals surface area contributed by atoms with E-state index in [9.17, 15) is 14.3 Å². The lowest BCUT2D eigenvalue weighted by molar-refractivity contribution is -0.113. The molecule has 0 aliphatic carbocycles. The number of nitrogens with one attached hydrogen (secondary N) is 3. The van der Waals surface area contributed by atoms with Gasteiger partial charge in [0.2, 0.25) is 5.96 Å². The lowest BCUT2D eigenvalue weighted by Crippen LogP contribution is -2.42. The predicted octanol–water partition coefficient (Wildman–Crippen LogP) is -2.11. The average Bonchev–Trinajstić information content (AvgIpc) is 2.63. The van der Waals surface area contributed by atoms with Gasteiger partial charge in [-0.1, -0.05) is 0 Å². The zero-order chi connectivity index (χ0) is 14.6. The summed E-state index contributed by atoms with van der Waals surface area (Å²) in [4.78, 5) is 14.4. The number of ether oxygens (including phenoxy) is 1. The Bertz CT molecular complexity index is 393. The van der Waals surface area contributed by atoms with Gasteiger partial charge in [0.1, 0.15) is 11.7 Å². The second-order valence-corrected chi connectivity index (χ2v) is 4.09. The van der Waals surface area contributed by atoms with Crippen LogP contribution in [0.1, 0.15) is 6.92 Å². The molecular formula is C9H15FN4O5. The Morgan fingerprint density at radius 1 is 1.68 bits per heavy atom. The molecular weight excluding hydrogens is 263 g/mol. The van der Waals surface area contributed by atoms with Gasteiger partial charge in [0.25, 0.3) is 5.91 Å². The number of aliphatic hydroxyl groups is 2. The van der Waals surface area contributed by atoms with Crippen LogP contribution in [0.5, 0.6) is 0 Å². The number of hydrogen-bond acceptors (Lipinski definition) is 7. The van der Waals surface area contributed by atoms with E-state index < -0.39 is 42.6 Å². The van der Waals surface area contributed by atoms with Crippen molar-refractivity contribution in [3.05, 3.63) is 0 Å². The molecule has 9 nitrogen and oxygen atoms in total. The van der Waals surface area contributed by atoms with Crippen LogP contribution in [0, 0.1) is 5.41 Å². The molecule has 1 amide bonds. The summed E-state index contributed by atoms with van der Waals surface area (Å²) in [6.07, 6.45) is -4.66. The van der Waals surface area contributed by atoms with Crippen LogP contribution in [0.4, 0.5) is 4.39 Å². The highest BCUT2D eigenvalue weighted by Gasteiger charge is 2.52. The molecule has 1 fully saturated rings. The van der Waals surface area contributed by atoms with Gasteiger partial charge in [0, 0.05) is 0 Å². The van der Waals surface area contributed by atoms with Crippen LogP contribution in [0.3, 0.4) is 0 Å². The van der Waals surface area contributed by atoms with E-state index in [2.05, 4.69) is 4.99 Å². The van der Waals surface area contributed by atoms with Crippen molar-refractivity contribution in [1.29, 1.82) is 5.41 Å². The number of amides is 1. The monoisotopic (exact) mass is 278 g/mol.